The van der Waals surface area contributed by atoms with Crippen LogP contribution in [0.2, 0.25) is 0 Å². The zero-order valence-corrected chi connectivity index (χ0v) is 12.2. The van der Waals surface area contributed by atoms with E-state index in [1.54, 1.807) is 0 Å². The number of hydrogen-bond donors (Lipinski definition) is 2. The summed E-state index contributed by atoms with van der Waals surface area (Å²) in [4.78, 5) is 23.2. The van der Waals surface area contributed by atoms with Crippen molar-refractivity contribution in [1.82, 2.24) is 4.57 Å². The minimum absolute atomic E-state index is 0.0543. The van der Waals surface area contributed by atoms with Gasteiger partial charge in [0.15, 0.2) is 0 Å². The lowest BCUT2D eigenvalue weighted by atomic mass is 10.1. The van der Waals surface area contributed by atoms with Crippen LogP contribution in [0.5, 0.6) is 0 Å². The second-order valence-corrected chi connectivity index (χ2v) is 5.01. The molecule has 3 aromatic rings. The summed E-state index contributed by atoms with van der Waals surface area (Å²) < 4.78 is 6.92. The Morgan fingerprint density at radius 2 is 1.78 bits per heavy atom. The van der Waals surface area contributed by atoms with Crippen molar-refractivity contribution in [1.29, 1.82) is 0 Å². The van der Waals surface area contributed by atoms with E-state index in [-0.39, 0.29) is 23.8 Å². The van der Waals surface area contributed by atoms with Crippen molar-refractivity contribution in [3.05, 3.63) is 72.4 Å². The van der Waals surface area contributed by atoms with Crippen molar-refractivity contribution in [2.45, 2.75) is 6.42 Å². The molecule has 1 aromatic carbocycles. The van der Waals surface area contributed by atoms with E-state index in [1.165, 1.54) is 12.3 Å². The first kappa shape index (κ1) is 14.6. The van der Waals surface area contributed by atoms with E-state index >= 15 is 0 Å². The summed E-state index contributed by atoms with van der Waals surface area (Å²) in [5.74, 6) is -1.02. The van der Waals surface area contributed by atoms with E-state index in [0.29, 0.717) is 0 Å². The Bertz CT molecular complexity index is 817. The summed E-state index contributed by atoms with van der Waals surface area (Å²) in [5.41, 5.74) is 7.33. The summed E-state index contributed by atoms with van der Waals surface area (Å²) in [6, 6.07) is 13.0. The third-order valence-electron chi connectivity index (χ3n) is 3.37. The van der Waals surface area contributed by atoms with Gasteiger partial charge in [-0.15, -0.1) is 0 Å². The normalized spacial score (nSPS) is 10.4. The molecule has 0 saturated carbocycles. The van der Waals surface area contributed by atoms with Gasteiger partial charge in [-0.2, -0.15) is 0 Å². The SMILES string of the molecule is NC(=O)c1occc1NC(=O)Cc1ccc(-n2cccc2)cc1. The second-order valence-electron chi connectivity index (χ2n) is 5.01. The molecule has 6 nitrogen and oxygen atoms in total. The van der Waals surface area contributed by atoms with Crippen molar-refractivity contribution in [2.24, 2.45) is 5.73 Å². The number of carbonyl (C=O) groups is 2. The predicted molar refractivity (Wildman–Crippen MR) is 85.3 cm³/mol. The Balaban J connectivity index is 1.66. The molecule has 0 aliphatic heterocycles. The lowest BCUT2D eigenvalue weighted by Crippen LogP contribution is -2.18. The van der Waals surface area contributed by atoms with Crippen LogP contribution >= 0.6 is 0 Å². The molecule has 23 heavy (non-hydrogen) atoms. The zero-order valence-electron chi connectivity index (χ0n) is 12.2. The van der Waals surface area contributed by atoms with Crippen molar-refractivity contribution >= 4 is 17.5 Å². The number of furan rings is 1. The number of aromatic nitrogens is 1. The summed E-state index contributed by atoms with van der Waals surface area (Å²) >= 11 is 0. The standard InChI is InChI=1S/C17H15N3O3/c18-17(22)16-14(7-10-23-16)19-15(21)11-12-3-5-13(6-4-12)20-8-1-2-9-20/h1-10H,11H2,(H2,18,22)(H,19,21). The van der Waals surface area contributed by atoms with Gasteiger partial charge in [-0.05, 0) is 29.8 Å². The highest BCUT2D eigenvalue weighted by atomic mass is 16.3. The topological polar surface area (TPSA) is 90.3 Å². The average Bonchev–Trinajstić information content (AvgIpc) is 3.19. The lowest BCUT2D eigenvalue weighted by Gasteiger charge is -2.06. The molecule has 0 atom stereocenters. The van der Waals surface area contributed by atoms with Gasteiger partial charge in [0.05, 0.1) is 18.4 Å². The third-order valence-corrected chi connectivity index (χ3v) is 3.37. The molecule has 2 amide bonds. The largest absolute Gasteiger partial charge is 0.457 e. The average molecular weight is 309 g/mol. The van der Waals surface area contributed by atoms with Gasteiger partial charge in [-0.3, -0.25) is 9.59 Å². The van der Waals surface area contributed by atoms with E-state index in [9.17, 15) is 9.59 Å². The fourth-order valence-electron chi connectivity index (χ4n) is 2.27. The number of amides is 2. The van der Waals surface area contributed by atoms with E-state index in [1.807, 2.05) is 53.4 Å². The van der Waals surface area contributed by atoms with Gasteiger partial charge in [0, 0.05) is 24.1 Å². The van der Waals surface area contributed by atoms with Crippen LogP contribution in [0.15, 0.2) is 65.5 Å². The lowest BCUT2D eigenvalue weighted by molar-refractivity contribution is -0.115. The van der Waals surface area contributed by atoms with Crippen molar-refractivity contribution in [3.63, 3.8) is 0 Å². The molecule has 6 heteroatoms. The molecule has 0 unspecified atom stereocenters. The molecular formula is C17H15N3O3. The van der Waals surface area contributed by atoms with E-state index in [2.05, 4.69) is 5.32 Å². The number of anilines is 1. The Morgan fingerprint density at radius 1 is 1.09 bits per heavy atom. The number of carbonyl (C=O) groups excluding carboxylic acids is 2. The molecular weight excluding hydrogens is 294 g/mol. The number of rotatable bonds is 5. The van der Waals surface area contributed by atoms with Gasteiger partial charge in [0.2, 0.25) is 11.7 Å². The van der Waals surface area contributed by atoms with E-state index < -0.39 is 5.91 Å². The molecule has 0 spiro atoms. The highest BCUT2D eigenvalue weighted by molar-refractivity contribution is 6.01. The van der Waals surface area contributed by atoms with Crippen LogP contribution < -0.4 is 11.1 Å². The molecule has 0 aliphatic carbocycles. The Morgan fingerprint density at radius 3 is 2.43 bits per heavy atom. The molecule has 0 radical (unpaired) electrons. The van der Waals surface area contributed by atoms with E-state index in [4.69, 9.17) is 10.2 Å². The molecule has 2 heterocycles. The van der Waals surface area contributed by atoms with Crippen LogP contribution in [-0.2, 0) is 11.2 Å². The molecule has 3 rings (SSSR count). The summed E-state index contributed by atoms with van der Waals surface area (Å²) in [5, 5.41) is 2.62. The van der Waals surface area contributed by atoms with Gasteiger partial charge < -0.3 is 20.0 Å². The van der Waals surface area contributed by atoms with Crippen LogP contribution in [-0.4, -0.2) is 16.4 Å². The predicted octanol–water partition coefficient (Wildman–Crippen LogP) is 2.35. The smallest absolute Gasteiger partial charge is 0.286 e. The third kappa shape index (κ3) is 3.32. The molecule has 0 fully saturated rings. The summed E-state index contributed by atoms with van der Waals surface area (Å²) in [6.07, 6.45) is 5.40. The number of primary amides is 1. The van der Waals surface area contributed by atoms with Crippen LogP contribution in [0.25, 0.3) is 5.69 Å². The minimum Gasteiger partial charge on any atom is -0.457 e. The van der Waals surface area contributed by atoms with Gasteiger partial charge in [-0.1, -0.05) is 12.1 Å². The first-order chi connectivity index (χ1) is 11.1. The van der Waals surface area contributed by atoms with Crippen molar-refractivity contribution in [3.8, 4) is 5.69 Å². The van der Waals surface area contributed by atoms with Gasteiger partial charge in [0.25, 0.3) is 5.91 Å². The highest BCUT2D eigenvalue weighted by Gasteiger charge is 2.14. The van der Waals surface area contributed by atoms with Crippen LogP contribution in [0.1, 0.15) is 16.1 Å². The highest BCUT2D eigenvalue weighted by Crippen LogP contribution is 2.17. The zero-order chi connectivity index (χ0) is 16.2. The minimum atomic E-state index is -0.721. The second kappa shape index (κ2) is 6.23. The molecule has 0 aliphatic rings. The molecule has 3 N–H and O–H groups in total. The van der Waals surface area contributed by atoms with Gasteiger partial charge in [0.1, 0.15) is 0 Å². The molecule has 0 bridgehead atoms. The first-order valence-electron chi connectivity index (χ1n) is 7.03. The summed E-state index contributed by atoms with van der Waals surface area (Å²) in [7, 11) is 0. The number of hydrogen-bond acceptors (Lipinski definition) is 3. The number of nitrogens with two attached hydrogens (primary N) is 1. The first-order valence-corrected chi connectivity index (χ1v) is 7.03. The molecule has 0 saturated heterocycles. The summed E-state index contributed by atoms with van der Waals surface area (Å²) in [6.45, 7) is 0. The van der Waals surface area contributed by atoms with Crippen LogP contribution in [0.3, 0.4) is 0 Å². The quantitative estimate of drug-likeness (QED) is 0.758. The maximum Gasteiger partial charge on any atom is 0.286 e. The number of benzene rings is 1. The van der Waals surface area contributed by atoms with Crippen molar-refractivity contribution < 1.29 is 14.0 Å². The molecule has 116 valence electrons. The molecule has 2 aromatic heterocycles. The number of nitrogens with zero attached hydrogens (tertiary/aromatic N) is 1. The Labute approximate surface area is 132 Å². The fourth-order valence-corrected chi connectivity index (χ4v) is 2.27. The van der Waals surface area contributed by atoms with Crippen molar-refractivity contribution in [2.75, 3.05) is 5.32 Å². The van der Waals surface area contributed by atoms with Crippen LogP contribution in [0.4, 0.5) is 5.69 Å². The number of nitrogens with one attached hydrogen (secondary N) is 1. The maximum absolute atomic E-state index is 12.1. The fraction of sp³-hybridized carbons (Fsp3) is 0.0588. The van der Waals surface area contributed by atoms with Gasteiger partial charge >= 0.3 is 0 Å². The van der Waals surface area contributed by atoms with Crippen LogP contribution in [0, 0.1) is 0 Å². The van der Waals surface area contributed by atoms with E-state index in [0.717, 1.165) is 11.3 Å². The Hall–Kier alpha value is -3.28. The monoisotopic (exact) mass is 309 g/mol. The Kier molecular flexibility index (Phi) is 3.97. The maximum atomic E-state index is 12.1. The van der Waals surface area contributed by atoms with Gasteiger partial charge in [-0.25, -0.2) is 0 Å².